The molecule has 0 bridgehead atoms. The summed E-state index contributed by atoms with van der Waals surface area (Å²) in [4.78, 5) is 18.1. The van der Waals surface area contributed by atoms with Gasteiger partial charge >= 0.3 is 5.97 Å². The average molecular weight is 473 g/mol. The third-order valence-electron chi connectivity index (χ3n) is 4.84. The van der Waals surface area contributed by atoms with Crippen LogP contribution in [0.5, 0.6) is 5.75 Å². The van der Waals surface area contributed by atoms with Gasteiger partial charge in [-0.05, 0) is 35.2 Å². The van der Waals surface area contributed by atoms with Crippen LogP contribution in [-0.2, 0) is 16.1 Å². The van der Waals surface area contributed by atoms with E-state index < -0.39 is 0 Å². The number of thiophene rings is 1. The molecule has 4 aromatic rings. The topological polar surface area (TPSA) is 72.2 Å². The molecule has 2 heterocycles. The summed E-state index contributed by atoms with van der Waals surface area (Å²) in [6.45, 7) is 0.173. The lowest BCUT2D eigenvalue weighted by molar-refractivity contribution is -0.141. The number of esters is 1. The molecule has 7 heteroatoms. The molecule has 2 aromatic carbocycles. The van der Waals surface area contributed by atoms with Crippen molar-refractivity contribution in [2.45, 2.75) is 11.6 Å². The molecule has 0 spiro atoms. The maximum absolute atomic E-state index is 12.4. The van der Waals surface area contributed by atoms with Crippen molar-refractivity contribution in [3.8, 4) is 33.5 Å². The Morgan fingerprint density at radius 1 is 1.09 bits per heavy atom. The van der Waals surface area contributed by atoms with E-state index in [9.17, 15) is 10.1 Å². The van der Waals surface area contributed by atoms with Gasteiger partial charge in [0, 0.05) is 16.0 Å². The first-order valence-corrected chi connectivity index (χ1v) is 12.0. The number of nitriles is 1. The highest BCUT2D eigenvalue weighted by Gasteiger charge is 2.18. The lowest BCUT2D eigenvalue weighted by Gasteiger charge is -2.11. The van der Waals surface area contributed by atoms with Crippen molar-refractivity contribution in [2.75, 3.05) is 12.9 Å². The second kappa shape index (κ2) is 10.8. The number of carbonyl (C=O) groups excluding carboxylic acids is 1. The number of rotatable bonds is 8. The van der Waals surface area contributed by atoms with Crippen LogP contribution in [-0.4, -0.2) is 23.8 Å². The second-order valence-electron chi connectivity index (χ2n) is 6.99. The summed E-state index contributed by atoms with van der Waals surface area (Å²) in [6, 6.07) is 25.3. The van der Waals surface area contributed by atoms with Gasteiger partial charge in [-0.3, -0.25) is 4.79 Å². The van der Waals surface area contributed by atoms with E-state index in [1.165, 1.54) is 11.8 Å². The summed E-state index contributed by atoms with van der Waals surface area (Å²) in [5.74, 6) is 0.430. The maximum atomic E-state index is 12.4. The highest BCUT2D eigenvalue weighted by Crippen LogP contribution is 2.36. The molecule has 0 saturated heterocycles. The van der Waals surface area contributed by atoms with Gasteiger partial charge in [0.25, 0.3) is 0 Å². The van der Waals surface area contributed by atoms with Gasteiger partial charge in [-0.25, -0.2) is 4.98 Å². The fourth-order valence-corrected chi connectivity index (χ4v) is 4.72. The normalized spacial score (nSPS) is 10.4. The molecule has 4 rings (SSSR count). The second-order valence-corrected chi connectivity index (χ2v) is 8.90. The monoisotopic (exact) mass is 472 g/mol. The van der Waals surface area contributed by atoms with Crippen molar-refractivity contribution in [1.82, 2.24) is 4.98 Å². The van der Waals surface area contributed by atoms with E-state index in [1.807, 2.05) is 78.2 Å². The van der Waals surface area contributed by atoms with Gasteiger partial charge in [0.1, 0.15) is 23.5 Å². The molecule has 0 N–H and O–H groups in total. The van der Waals surface area contributed by atoms with Crippen LogP contribution in [0.15, 0.2) is 83.2 Å². The molecule has 0 fully saturated rings. The van der Waals surface area contributed by atoms with Crippen molar-refractivity contribution in [1.29, 1.82) is 5.26 Å². The molecule has 33 heavy (non-hydrogen) atoms. The number of carbonyl (C=O) groups is 1. The number of aromatic nitrogens is 1. The molecular formula is C26H20N2O3S2. The summed E-state index contributed by atoms with van der Waals surface area (Å²) < 4.78 is 10.5. The minimum Gasteiger partial charge on any atom is -0.497 e. The molecule has 0 unspecified atom stereocenters. The molecule has 0 atom stereocenters. The minimum atomic E-state index is -0.371. The fraction of sp³-hybridized carbons (Fsp3) is 0.115. The van der Waals surface area contributed by atoms with Crippen molar-refractivity contribution >= 4 is 29.1 Å². The molecule has 0 aliphatic heterocycles. The molecule has 5 nitrogen and oxygen atoms in total. The Hall–Kier alpha value is -3.60. The van der Waals surface area contributed by atoms with Crippen molar-refractivity contribution in [3.05, 3.63) is 89.3 Å². The van der Waals surface area contributed by atoms with Gasteiger partial charge < -0.3 is 9.47 Å². The van der Waals surface area contributed by atoms with Gasteiger partial charge in [0.15, 0.2) is 0 Å². The molecule has 2 aromatic heterocycles. The van der Waals surface area contributed by atoms with E-state index in [1.54, 1.807) is 18.4 Å². The van der Waals surface area contributed by atoms with Crippen molar-refractivity contribution < 1.29 is 14.3 Å². The van der Waals surface area contributed by atoms with Gasteiger partial charge in [0.2, 0.25) is 0 Å². The zero-order chi connectivity index (χ0) is 23.0. The SMILES string of the molecule is COc1ccc(COC(=O)CSc2nc(-c3ccccc3)cc(-c3cccs3)c2C#N)cc1. The largest absolute Gasteiger partial charge is 0.497 e. The van der Waals surface area contributed by atoms with E-state index in [0.717, 1.165) is 33.0 Å². The molecule has 0 aliphatic carbocycles. The first-order chi connectivity index (χ1) is 16.2. The Labute approximate surface area is 200 Å². The van der Waals surface area contributed by atoms with Gasteiger partial charge in [-0.2, -0.15) is 5.26 Å². The maximum Gasteiger partial charge on any atom is 0.316 e. The van der Waals surface area contributed by atoms with Crippen LogP contribution in [0, 0.1) is 11.3 Å². The van der Waals surface area contributed by atoms with Crippen LogP contribution in [0.3, 0.4) is 0 Å². The standard InChI is InChI=1S/C26H20N2O3S2/c1-30-20-11-9-18(10-12-20)16-31-25(29)17-33-26-22(15-27)21(24-8-5-13-32-24)14-23(28-26)19-6-3-2-4-7-19/h2-14H,16-17H2,1H3. The summed E-state index contributed by atoms with van der Waals surface area (Å²) in [5.41, 5.74) is 3.85. The summed E-state index contributed by atoms with van der Waals surface area (Å²) in [6.07, 6.45) is 0. The number of benzene rings is 2. The van der Waals surface area contributed by atoms with E-state index in [0.29, 0.717) is 10.6 Å². The highest BCUT2D eigenvalue weighted by molar-refractivity contribution is 7.99. The molecular weight excluding hydrogens is 452 g/mol. The Kier molecular flexibility index (Phi) is 7.40. The zero-order valence-corrected chi connectivity index (χ0v) is 19.5. The Bertz CT molecular complexity index is 1270. The Morgan fingerprint density at radius 2 is 1.88 bits per heavy atom. The summed E-state index contributed by atoms with van der Waals surface area (Å²) in [7, 11) is 1.60. The predicted molar refractivity (Wildman–Crippen MR) is 131 cm³/mol. The molecule has 0 amide bonds. The number of hydrogen-bond donors (Lipinski definition) is 0. The number of methoxy groups -OCH3 is 1. The van der Waals surface area contributed by atoms with Crippen LogP contribution in [0.4, 0.5) is 0 Å². The molecule has 0 saturated carbocycles. The third-order valence-corrected chi connectivity index (χ3v) is 6.69. The summed E-state index contributed by atoms with van der Waals surface area (Å²) in [5, 5.41) is 12.4. The van der Waals surface area contributed by atoms with E-state index in [4.69, 9.17) is 14.5 Å². The molecule has 0 aliphatic rings. The van der Waals surface area contributed by atoms with E-state index in [2.05, 4.69) is 6.07 Å². The lowest BCUT2D eigenvalue weighted by atomic mass is 10.0. The number of nitrogens with zero attached hydrogens (tertiary/aromatic N) is 2. The minimum absolute atomic E-state index is 0.0555. The van der Waals surface area contributed by atoms with E-state index in [-0.39, 0.29) is 18.3 Å². The number of hydrogen-bond acceptors (Lipinski definition) is 7. The van der Waals surface area contributed by atoms with Gasteiger partial charge in [-0.1, -0.05) is 60.3 Å². The van der Waals surface area contributed by atoms with Crippen molar-refractivity contribution in [3.63, 3.8) is 0 Å². The van der Waals surface area contributed by atoms with Crippen LogP contribution < -0.4 is 4.74 Å². The zero-order valence-electron chi connectivity index (χ0n) is 17.9. The number of thioether (sulfide) groups is 1. The average Bonchev–Trinajstić information content (AvgIpc) is 3.41. The van der Waals surface area contributed by atoms with E-state index >= 15 is 0 Å². The third kappa shape index (κ3) is 5.61. The van der Waals surface area contributed by atoms with Gasteiger partial charge in [0.05, 0.1) is 24.1 Å². The lowest BCUT2D eigenvalue weighted by Crippen LogP contribution is -2.08. The predicted octanol–water partition coefficient (Wildman–Crippen LogP) is 6.19. The van der Waals surface area contributed by atoms with Crippen LogP contribution in [0.1, 0.15) is 11.1 Å². The number of ether oxygens (including phenoxy) is 2. The van der Waals surface area contributed by atoms with Crippen LogP contribution >= 0.6 is 23.1 Å². The fourth-order valence-electron chi connectivity index (χ4n) is 3.17. The number of pyridine rings is 1. The Morgan fingerprint density at radius 3 is 2.55 bits per heavy atom. The van der Waals surface area contributed by atoms with Crippen LogP contribution in [0.25, 0.3) is 21.7 Å². The summed E-state index contributed by atoms with van der Waals surface area (Å²) >= 11 is 2.78. The van der Waals surface area contributed by atoms with Crippen molar-refractivity contribution in [2.24, 2.45) is 0 Å². The smallest absolute Gasteiger partial charge is 0.316 e. The highest BCUT2D eigenvalue weighted by atomic mass is 32.2. The molecule has 0 radical (unpaired) electrons. The quantitative estimate of drug-likeness (QED) is 0.225. The molecule has 164 valence electrons. The van der Waals surface area contributed by atoms with Gasteiger partial charge in [-0.15, -0.1) is 11.3 Å². The first kappa shape index (κ1) is 22.6. The first-order valence-electron chi connectivity index (χ1n) is 10.1. The Balaban J connectivity index is 1.54. The van der Waals surface area contributed by atoms with Crippen LogP contribution in [0.2, 0.25) is 0 Å².